The average molecular weight is 251 g/mol. The minimum absolute atomic E-state index is 0.234. The summed E-state index contributed by atoms with van der Waals surface area (Å²) in [6, 6.07) is 0. The molecule has 4 aliphatic carbocycles. The first-order valence-electron chi connectivity index (χ1n) is 7.08. The molecule has 4 N–H and O–H groups in total. The first-order valence-corrected chi connectivity index (χ1v) is 7.08. The lowest BCUT2D eigenvalue weighted by Crippen LogP contribution is -2.64. The third kappa shape index (κ3) is 1.91. The number of nitrogens with one attached hydrogen (secondary N) is 1. The van der Waals surface area contributed by atoms with E-state index in [1.807, 2.05) is 0 Å². The van der Waals surface area contributed by atoms with Gasteiger partial charge in [-0.2, -0.15) is 0 Å². The molecule has 0 saturated heterocycles. The van der Waals surface area contributed by atoms with E-state index in [4.69, 9.17) is 10.9 Å². The average Bonchev–Trinajstić information content (AvgIpc) is 2.21. The second kappa shape index (κ2) is 3.62. The van der Waals surface area contributed by atoms with Gasteiger partial charge in [0.05, 0.1) is 6.54 Å². The molecule has 0 spiro atoms. The van der Waals surface area contributed by atoms with Gasteiger partial charge >= 0.3 is 0 Å². The lowest BCUT2D eigenvalue weighted by molar-refractivity contribution is -0.116. The van der Waals surface area contributed by atoms with Crippen molar-refractivity contribution in [3.8, 4) is 0 Å². The number of hydrogen-bond acceptors (Lipinski definition) is 3. The summed E-state index contributed by atoms with van der Waals surface area (Å²) in [6.45, 7) is 5.42. The van der Waals surface area contributed by atoms with Crippen molar-refractivity contribution in [2.45, 2.75) is 57.9 Å². The molecule has 2 atom stereocenters. The van der Waals surface area contributed by atoms with Crippen molar-refractivity contribution in [2.24, 2.45) is 27.6 Å². The maximum atomic E-state index is 8.67. The van der Waals surface area contributed by atoms with Crippen LogP contribution in [0.15, 0.2) is 5.16 Å². The van der Waals surface area contributed by atoms with Gasteiger partial charge in [-0.15, -0.1) is 0 Å². The van der Waals surface area contributed by atoms with Crippen molar-refractivity contribution in [3.63, 3.8) is 0 Å². The standard InChI is InChI=1S/C14H25N3O/c1-12-3-10-4-13(2,7-12)9-14(5-10,8-12)16-6-11(15)17-18/h10,16,18H,3-9H2,1-2H3,(H2,15,17). The van der Waals surface area contributed by atoms with Gasteiger partial charge in [0.15, 0.2) is 5.84 Å². The van der Waals surface area contributed by atoms with Gasteiger partial charge in [-0.25, -0.2) is 0 Å². The Morgan fingerprint density at radius 1 is 1.22 bits per heavy atom. The fourth-order valence-corrected chi connectivity index (χ4v) is 5.96. The van der Waals surface area contributed by atoms with Gasteiger partial charge in [-0.1, -0.05) is 19.0 Å². The number of amidine groups is 1. The SMILES string of the molecule is CC12CC3CC(C)(C1)CC(NCC(N)=NO)(C3)C2. The minimum atomic E-state index is 0.234. The summed E-state index contributed by atoms with van der Waals surface area (Å²) in [5.74, 6) is 1.16. The molecule has 0 aromatic heterocycles. The second-order valence-corrected chi connectivity index (χ2v) is 7.86. The van der Waals surface area contributed by atoms with Crippen molar-refractivity contribution in [3.05, 3.63) is 0 Å². The van der Waals surface area contributed by atoms with Gasteiger partial charge < -0.3 is 16.3 Å². The quantitative estimate of drug-likeness (QED) is 0.311. The predicted molar refractivity (Wildman–Crippen MR) is 71.5 cm³/mol. The highest BCUT2D eigenvalue weighted by Gasteiger charge is 2.59. The third-order valence-corrected chi connectivity index (χ3v) is 5.40. The Balaban J connectivity index is 1.80. The van der Waals surface area contributed by atoms with Crippen LogP contribution in [0, 0.1) is 16.7 Å². The number of nitrogens with two attached hydrogens (primary N) is 1. The van der Waals surface area contributed by atoms with Crippen LogP contribution in [0.5, 0.6) is 0 Å². The summed E-state index contributed by atoms with van der Waals surface area (Å²) in [4.78, 5) is 0. The van der Waals surface area contributed by atoms with Gasteiger partial charge in [-0.3, -0.25) is 0 Å². The first kappa shape index (κ1) is 12.3. The van der Waals surface area contributed by atoms with E-state index < -0.39 is 0 Å². The van der Waals surface area contributed by atoms with Crippen LogP contribution < -0.4 is 11.1 Å². The molecule has 4 bridgehead atoms. The predicted octanol–water partition coefficient (Wildman–Crippen LogP) is 2.07. The van der Waals surface area contributed by atoms with E-state index in [0.29, 0.717) is 23.2 Å². The Morgan fingerprint density at radius 2 is 1.83 bits per heavy atom. The van der Waals surface area contributed by atoms with Crippen LogP contribution in [-0.4, -0.2) is 23.1 Å². The highest BCUT2D eigenvalue weighted by molar-refractivity contribution is 5.81. The van der Waals surface area contributed by atoms with E-state index in [-0.39, 0.29) is 5.54 Å². The molecule has 4 saturated carbocycles. The third-order valence-electron chi connectivity index (χ3n) is 5.40. The van der Waals surface area contributed by atoms with Crippen LogP contribution in [0.2, 0.25) is 0 Å². The second-order valence-electron chi connectivity index (χ2n) is 7.86. The zero-order valence-corrected chi connectivity index (χ0v) is 11.5. The number of hydrogen-bond donors (Lipinski definition) is 3. The molecule has 2 unspecified atom stereocenters. The first-order chi connectivity index (χ1) is 8.36. The Bertz CT molecular complexity index is 375. The van der Waals surface area contributed by atoms with Crippen LogP contribution in [0.4, 0.5) is 0 Å². The van der Waals surface area contributed by atoms with E-state index >= 15 is 0 Å². The normalized spacial score (nSPS) is 50.8. The van der Waals surface area contributed by atoms with Crippen LogP contribution in [0.3, 0.4) is 0 Å². The summed E-state index contributed by atoms with van der Waals surface area (Å²) >= 11 is 0. The summed E-state index contributed by atoms with van der Waals surface area (Å²) in [5, 5.41) is 15.4. The van der Waals surface area contributed by atoms with Crippen LogP contribution in [0.25, 0.3) is 0 Å². The Kier molecular flexibility index (Phi) is 2.47. The van der Waals surface area contributed by atoms with Crippen molar-refractivity contribution in [2.75, 3.05) is 6.54 Å². The highest BCUT2D eigenvalue weighted by atomic mass is 16.4. The van der Waals surface area contributed by atoms with Crippen LogP contribution in [0.1, 0.15) is 52.4 Å². The topological polar surface area (TPSA) is 70.6 Å². The fraction of sp³-hybridized carbons (Fsp3) is 0.929. The number of rotatable bonds is 3. The largest absolute Gasteiger partial charge is 0.409 e. The van der Waals surface area contributed by atoms with Crippen molar-refractivity contribution < 1.29 is 5.21 Å². The summed E-state index contributed by atoms with van der Waals surface area (Å²) in [5.41, 5.74) is 6.85. The molecular formula is C14H25N3O. The van der Waals surface area contributed by atoms with E-state index in [9.17, 15) is 0 Å². The van der Waals surface area contributed by atoms with Crippen molar-refractivity contribution in [1.82, 2.24) is 5.32 Å². The molecule has 0 aliphatic heterocycles. The van der Waals surface area contributed by atoms with Crippen LogP contribution >= 0.6 is 0 Å². The molecular weight excluding hydrogens is 226 g/mol. The molecule has 4 heteroatoms. The maximum Gasteiger partial charge on any atom is 0.153 e. The molecule has 18 heavy (non-hydrogen) atoms. The van der Waals surface area contributed by atoms with Gasteiger partial charge in [-0.05, 0) is 55.3 Å². The zero-order chi connectivity index (χ0) is 13.0. The molecule has 4 fully saturated rings. The molecule has 0 amide bonds. The van der Waals surface area contributed by atoms with E-state index in [1.165, 1.54) is 38.5 Å². The van der Waals surface area contributed by atoms with Gasteiger partial charge in [0.25, 0.3) is 0 Å². The van der Waals surface area contributed by atoms with Crippen molar-refractivity contribution in [1.29, 1.82) is 0 Å². The lowest BCUT2D eigenvalue weighted by atomic mass is 9.43. The molecule has 0 radical (unpaired) electrons. The molecule has 0 heterocycles. The maximum absolute atomic E-state index is 8.67. The van der Waals surface area contributed by atoms with Gasteiger partial charge in [0.2, 0.25) is 0 Å². The van der Waals surface area contributed by atoms with Crippen LogP contribution in [-0.2, 0) is 0 Å². The van der Waals surface area contributed by atoms with Gasteiger partial charge in [0, 0.05) is 5.54 Å². The highest BCUT2D eigenvalue weighted by Crippen LogP contribution is 2.66. The summed E-state index contributed by atoms with van der Waals surface area (Å²) in [7, 11) is 0. The summed E-state index contributed by atoms with van der Waals surface area (Å²) in [6.07, 6.45) is 7.96. The molecule has 4 rings (SSSR count). The Hall–Kier alpha value is -0.770. The van der Waals surface area contributed by atoms with E-state index in [0.717, 1.165) is 5.92 Å². The fourth-order valence-electron chi connectivity index (χ4n) is 5.96. The molecule has 4 nitrogen and oxygen atoms in total. The van der Waals surface area contributed by atoms with Gasteiger partial charge in [0.1, 0.15) is 0 Å². The Labute approximate surface area is 109 Å². The summed E-state index contributed by atoms with van der Waals surface area (Å²) < 4.78 is 0. The van der Waals surface area contributed by atoms with E-state index in [1.54, 1.807) is 0 Å². The molecule has 102 valence electrons. The monoisotopic (exact) mass is 251 g/mol. The molecule has 4 aliphatic rings. The Morgan fingerprint density at radius 3 is 2.33 bits per heavy atom. The zero-order valence-electron chi connectivity index (χ0n) is 11.5. The van der Waals surface area contributed by atoms with Crippen molar-refractivity contribution >= 4 is 5.84 Å². The van der Waals surface area contributed by atoms with E-state index in [2.05, 4.69) is 24.3 Å². The smallest absolute Gasteiger partial charge is 0.153 e. The lowest BCUT2D eigenvalue weighted by Gasteiger charge is -2.65. The number of nitrogens with zero attached hydrogens (tertiary/aromatic N) is 1. The molecule has 0 aromatic carbocycles. The minimum Gasteiger partial charge on any atom is -0.409 e. The molecule has 0 aromatic rings. The number of oxime groups is 1.